The van der Waals surface area contributed by atoms with E-state index in [9.17, 15) is 13.2 Å². The number of nitrogen functional groups attached to an aromatic ring is 1. The third-order valence-electron chi connectivity index (χ3n) is 2.69. The number of nitrogens with zero attached hydrogens (tertiary/aromatic N) is 3. The molecule has 2 aromatic rings. The Bertz CT molecular complexity index is 595. The Labute approximate surface area is 118 Å². The van der Waals surface area contributed by atoms with Gasteiger partial charge in [0.25, 0.3) is 0 Å². The van der Waals surface area contributed by atoms with Crippen LogP contribution in [0.3, 0.4) is 0 Å². The summed E-state index contributed by atoms with van der Waals surface area (Å²) in [5, 5.41) is 4.03. The van der Waals surface area contributed by atoms with Crippen LogP contribution >= 0.6 is 11.8 Å². The summed E-state index contributed by atoms with van der Waals surface area (Å²) in [6.07, 6.45) is -2.92. The van der Waals surface area contributed by atoms with E-state index >= 15 is 0 Å². The lowest BCUT2D eigenvalue weighted by atomic mass is 10.2. The number of aryl methyl sites for hydroxylation is 1. The number of nitrogens with two attached hydrogens (primary N) is 1. The monoisotopic (exact) mass is 302 g/mol. The van der Waals surface area contributed by atoms with Gasteiger partial charge in [0.15, 0.2) is 0 Å². The minimum absolute atomic E-state index is 0.118. The van der Waals surface area contributed by atoms with Gasteiger partial charge < -0.3 is 5.73 Å². The molecule has 108 valence electrons. The summed E-state index contributed by atoms with van der Waals surface area (Å²) < 4.78 is 39.3. The van der Waals surface area contributed by atoms with E-state index in [1.54, 1.807) is 4.68 Å². The summed E-state index contributed by atoms with van der Waals surface area (Å²) in [6, 6.07) is 3.37. The van der Waals surface area contributed by atoms with Crippen molar-refractivity contribution in [2.45, 2.75) is 30.3 Å². The first-order chi connectivity index (χ1) is 9.41. The maximum Gasteiger partial charge on any atom is 0.416 e. The maximum absolute atomic E-state index is 12.5. The Balaban J connectivity index is 2.11. The van der Waals surface area contributed by atoms with Crippen molar-refractivity contribution in [3.8, 4) is 0 Å². The number of thioether (sulfide) groups is 1. The summed E-state index contributed by atoms with van der Waals surface area (Å²) >= 11 is 1.34. The topological polar surface area (TPSA) is 56.7 Å². The molecule has 0 unspecified atom stereocenters. The van der Waals surface area contributed by atoms with Crippen molar-refractivity contribution in [2.75, 3.05) is 5.73 Å². The van der Waals surface area contributed by atoms with Gasteiger partial charge in [-0.05, 0) is 25.1 Å². The van der Waals surface area contributed by atoms with Crippen molar-refractivity contribution in [2.24, 2.45) is 0 Å². The average Bonchev–Trinajstić information content (AvgIpc) is 2.83. The zero-order chi connectivity index (χ0) is 14.8. The van der Waals surface area contributed by atoms with Crippen LogP contribution in [0.4, 0.5) is 18.9 Å². The second-order valence-electron chi connectivity index (χ2n) is 4.03. The molecule has 0 aliphatic heterocycles. The number of halogens is 3. The molecule has 0 atom stereocenters. The number of hydrogen-bond acceptors (Lipinski definition) is 4. The summed E-state index contributed by atoms with van der Waals surface area (Å²) in [4.78, 5) is 4.70. The van der Waals surface area contributed by atoms with Gasteiger partial charge in [0.1, 0.15) is 12.2 Å². The van der Waals surface area contributed by atoms with Crippen molar-refractivity contribution in [1.29, 1.82) is 0 Å². The number of hydrogen-bond donors (Lipinski definition) is 1. The Morgan fingerprint density at radius 3 is 2.70 bits per heavy atom. The molecular weight excluding hydrogens is 289 g/mol. The largest absolute Gasteiger partial charge is 0.416 e. The Hall–Kier alpha value is -1.70. The van der Waals surface area contributed by atoms with E-state index in [1.807, 2.05) is 6.92 Å². The molecule has 20 heavy (non-hydrogen) atoms. The Kier molecular flexibility index (Phi) is 4.22. The van der Waals surface area contributed by atoms with E-state index in [0.29, 0.717) is 17.2 Å². The molecule has 0 radical (unpaired) electrons. The molecule has 0 saturated carbocycles. The minimum atomic E-state index is -4.38. The van der Waals surface area contributed by atoms with Crippen LogP contribution in [0.5, 0.6) is 0 Å². The van der Waals surface area contributed by atoms with Gasteiger partial charge in [0.2, 0.25) is 0 Å². The van der Waals surface area contributed by atoms with Crippen LogP contribution in [0.2, 0.25) is 0 Å². The maximum atomic E-state index is 12.5. The first-order valence-electron chi connectivity index (χ1n) is 5.88. The highest BCUT2D eigenvalue weighted by Crippen LogP contribution is 2.34. The first-order valence-corrected chi connectivity index (χ1v) is 6.86. The van der Waals surface area contributed by atoms with Crippen LogP contribution in [-0.4, -0.2) is 14.8 Å². The Morgan fingerprint density at radius 1 is 1.35 bits per heavy atom. The highest BCUT2D eigenvalue weighted by molar-refractivity contribution is 7.98. The fourth-order valence-corrected chi connectivity index (χ4v) is 2.56. The molecule has 0 amide bonds. The summed E-state index contributed by atoms with van der Waals surface area (Å²) in [5.74, 6) is 1.26. The molecule has 2 N–H and O–H groups in total. The van der Waals surface area contributed by atoms with Crippen LogP contribution in [0.25, 0.3) is 0 Å². The van der Waals surface area contributed by atoms with Gasteiger partial charge in [-0.15, -0.1) is 11.8 Å². The molecule has 4 nitrogen and oxygen atoms in total. The molecule has 8 heteroatoms. The molecule has 0 aliphatic rings. The zero-order valence-electron chi connectivity index (χ0n) is 10.7. The lowest BCUT2D eigenvalue weighted by molar-refractivity contribution is -0.137. The van der Waals surface area contributed by atoms with Gasteiger partial charge in [0, 0.05) is 17.1 Å². The number of benzene rings is 1. The van der Waals surface area contributed by atoms with Gasteiger partial charge in [-0.3, -0.25) is 0 Å². The zero-order valence-corrected chi connectivity index (χ0v) is 11.5. The summed E-state index contributed by atoms with van der Waals surface area (Å²) in [7, 11) is 0. The predicted molar refractivity (Wildman–Crippen MR) is 71.1 cm³/mol. The van der Waals surface area contributed by atoms with Crippen molar-refractivity contribution < 1.29 is 13.2 Å². The van der Waals surface area contributed by atoms with Crippen molar-refractivity contribution in [1.82, 2.24) is 14.8 Å². The lowest BCUT2D eigenvalue weighted by Crippen LogP contribution is -2.06. The van der Waals surface area contributed by atoms with E-state index < -0.39 is 11.7 Å². The number of rotatable bonds is 4. The van der Waals surface area contributed by atoms with Gasteiger partial charge >= 0.3 is 6.18 Å². The molecule has 1 aromatic heterocycles. The van der Waals surface area contributed by atoms with Gasteiger partial charge in [-0.1, -0.05) is 0 Å². The second-order valence-corrected chi connectivity index (χ2v) is 5.05. The normalized spacial score (nSPS) is 11.8. The number of aromatic nitrogens is 3. The van der Waals surface area contributed by atoms with Crippen LogP contribution < -0.4 is 5.73 Å². The van der Waals surface area contributed by atoms with Gasteiger partial charge in [0.05, 0.1) is 11.3 Å². The SMILES string of the molecule is CCn1ncnc1CSc1ccc(C(F)(F)F)cc1N. The highest BCUT2D eigenvalue weighted by Gasteiger charge is 2.30. The van der Waals surface area contributed by atoms with Crippen molar-refractivity contribution >= 4 is 17.4 Å². The molecule has 1 heterocycles. The lowest BCUT2D eigenvalue weighted by Gasteiger charge is -2.10. The standard InChI is InChI=1S/C12H13F3N4S/c1-2-19-11(17-7-18-19)6-20-10-4-3-8(5-9(10)16)12(13,14)15/h3-5,7H,2,6,16H2,1H3. The highest BCUT2D eigenvalue weighted by atomic mass is 32.2. The molecule has 0 aliphatic carbocycles. The molecule has 2 rings (SSSR count). The molecule has 0 spiro atoms. The molecule has 1 aromatic carbocycles. The van der Waals surface area contributed by atoms with Crippen LogP contribution in [0, 0.1) is 0 Å². The third kappa shape index (κ3) is 3.24. The van der Waals surface area contributed by atoms with Crippen molar-refractivity contribution in [3.05, 3.63) is 35.9 Å². The van der Waals surface area contributed by atoms with Crippen LogP contribution in [0.15, 0.2) is 29.4 Å². The fraction of sp³-hybridized carbons (Fsp3) is 0.333. The van der Waals surface area contributed by atoms with E-state index in [0.717, 1.165) is 18.0 Å². The summed E-state index contributed by atoms with van der Waals surface area (Å²) in [5.41, 5.74) is 5.04. The first kappa shape index (κ1) is 14.7. The van der Waals surface area contributed by atoms with Crippen LogP contribution in [0.1, 0.15) is 18.3 Å². The quantitative estimate of drug-likeness (QED) is 0.696. The number of alkyl halides is 3. The van der Waals surface area contributed by atoms with E-state index in [1.165, 1.54) is 24.2 Å². The average molecular weight is 302 g/mol. The molecular formula is C12H13F3N4S. The molecule has 0 fully saturated rings. The third-order valence-corrected chi connectivity index (χ3v) is 3.77. The second kappa shape index (κ2) is 5.74. The molecule has 0 saturated heterocycles. The molecule has 0 bridgehead atoms. The van der Waals surface area contributed by atoms with E-state index in [4.69, 9.17) is 5.73 Å². The minimum Gasteiger partial charge on any atom is -0.398 e. The summed E-state index contributed by atoms with van der Waals surface area (Å²) in [6.45, 7) is 2.63. The van der Waals surface area contributed by atoms with Gasteiger partial charge in [-0.25, -0.2) is 9.67 Å². The predicted octanol–water partition coefficient (Wildman–Crippen LogP) is 3.19. The van der Waals surface area contributed by atoms with Crippen molar-refractivity contribution in [3.63, 3.8) is 0 Å². The van der Waals surface area contributed by atoms with Crippen LogP contribution in [-0.2, 0) is 18.5 Å². The smallest absolute Gasteiger partial charge is 0.398 e. The number of anilines is 1. The Morgan fingerprint density at radius 2 is 2.10 bits per heavy atom. The fourth-order valence-electron chi connectivity index (χ4n) is 1.66. The van der Waals surface area contributed by atoms with E-state index in [-0.39, 0.29) is 5.69 Å². The van der Waals surface area contributed by atoms with E-state index in [2.05, 4.69) is 10.1 Å². The van der Waals surface area contributed by atoms with Gasteiger partial charge in [-0.2, -0.15) is 18.3 Å².